The normalized spacial score (nSPS) is 11.5. The third kappa shape index (κ3) is 3.41. The standard InChI is InChI=1S/C16H17N5O3/c1-16(2,3)13-12(17-4)14(21-19-13)20-18-10-8-9(15(23)24-5)6-7-11(10)22/h6-8,22H,1-3,5H3,(H,19,21). The number of H-pyrrole nitrogens is 1. The Balaban J connectivity index is 2.41. The summed E-state index contributed by atoms with van der Waals surface area (Å²) in [7, 11) is 1.26. The Morgan fingerprint density at radius 1 is 1.38 bits per heavy atom. The summed E-state index contributed by atoms with van der Waals surface area (Å²) in [5.74, 6) is -0.580. The van der Waals surface area contributed by atoms with Gasteiger partial charge in [0.05, 0.1) is 19.2 Å². The van der Waals surface area contributed by atoms with Crippen molar-refractivity contribution in [2.45, 2.75) is 26.2 Å². The van der Waals surface area contributed by atoms with Crippen molar-refractivity contribution in [3.8, 4) is 5.75 Å². The van der Waals surface area contributed by atoms with Gasteiger partial charge in [0.25, 0.3) is 5.69 Å². The Hall–Kier alpha value is -3.21. The van der Waals surface area contributed by atoms with Crippen LogP contribution in [0.3, 0.4) is 0 Å². The van der Waals surface area contributed by atoms with E-state index in [-0.39, 0.29) is 33.9 Å². The van der Waals surface area contributed by atoms with Crippen LogP contribution in [0.25, 0.3) is 4.85 Å². The Kier molecular flexibility index (Phi) is 4.64. The van der Waals surface area contributed by atoms with E-state index >= 15 is 0 Å². The van der Waals surface area contributed by atoms with Crippen LogP contribution in [0.1, 0.15) is 36.8 Å². The number of azo groups is 1. The molecule has 124 valence electrons. The number of nitrogens with one attached hydrogen (secondary N) is 1. The number of ether oxygens (including phenoxy) is 1. The molecule has 0 fully saturated rings. The number of carbonyl (C=O) groups excluding carboxylic acids is 1. The summed E-state index contributed by atoms with van der Waals surface area (Å²) in [5.41, 5.74) is 0.934. The highest BCUT2D eigenvalue weighted by Gasteiger charge is 2.24. The molecule has 0 unspecified atom stereocenters. The van der Waals surface area contributed by atoms with Crippen molar-refractivity contribution < 1.29 is 14.6 Å². The highest BCUT2D eigenvalue weighted by molar-refractivity contribution is 5.90. The van der Waals surface area contributed by atoms with E-state index in [1.165, 1.54) is 25.3 Å². The number of phenols is 1. The maximum atomic E-state index is 11.5. The van der Waals surface area contributed by atoms with Gasteiger partial charge in [-0.25, -0.2) is 9.64 Å². The summed E-state index contributed by atoms with van der Waals surface area (Å²) in [5, 5.41) is 24.5. The summed E-state index contributed by atoms with van der Waals surface area (Å²) in [6.07, 6.45) is 0. The molecule has 0 aliphatic carbocycles. The second-order valence-electron chi connectivity index (χ2n) is 6.03. The third-order valence-electron chi connectivity index (χ3n) is 3.23. The first-order valence-electron chi connectivity index (χ1n) is 7.07. The minimum absolute atomic E-state index is 0.0779. The summed E-state index contributed by atoms with van der Waals surface area (Å²) in [4.78, 5) is 15.0. The molecule has 0 bridgehead atoms. The van der Waals surface area contributed by atoms with E-state index in [9.17, 15) is 9.90 Å². The smallest absolute Gasteiger partial charge is 0.337 e. The Morgan fingerprint density at radius 2 is 2.08 bits per heavy atom. The summed E-state index contributed by atoms with van der Waals surface area (Å²) < 4.78 is 4.62. The zero-order valence-corrected chi connectivity index (χ0v) is 13.8. The number of benzene rings is 1. The van der Waals surface area contributed by atoms with E-state index in [1.807, 2.05) is 20.8 Å². The van der Waals surface area contributed by atoms with Crippen molar-refractivity contribution in [1.29, 1.82) is 0 Å². The van der Waals surface area contributed by atoms with E-state index in [4.69, 9.17) is 6.57 Å². The van der Waals surface area contributed by atoms with Crippen LogP contribution in [-0.2, 0) is 10.2 Å². The van der Waals surface area contributed by atoms with Gasteiger partial charge < -0.3 is 9.84 Å². The molecule has 24 heavy (non-hydrogen) atoms. The predicted molar refractivity (Wildman–Crippen MR) is 87.2 cm³/mol. The molecular weight excluding hydrogens is 310 g/mol. The summed E-state index contributed by atoms with van der Waals surface area (Å²) in [6, 6.07) is 4.08. The molecule has 8 nitrogen and oxygen atoms in total. The molecule has 2 aromatic rings. The van der Waals surface area contributed by atoms with Crippen LogP contribution in [0, 0.1) is 6.57 Å². The van der Waals surface area contributed by atoms with Crippen molar-refractivity contribution in [1.82, 2.24) is 10.2 Å². The second-order valence-corrected chi connectivity index (χ2v) is 6.03. The number of nitrogens with zero attached hydrogens (tertiary/aromatic N) is 4. The molecule has 0 saturated heterocycles. The van der Waals surface area contributed by atoms with Gasteiger partial charge >= 0.3 is 5.97 Å². The number of aromatic amines is 1. The van der Waals surface area contributed by atoms with Crippen LogP contribution in [0.15, 0.2) is 28.4 Å². The molecule has 1 aromatic heterocycles. The van der Waals surface area contributed by atoms with Gasteiger partial charge in [0, 0.05) is 5.69 Å². The Bertz CT molecular complexity index is 840. The van der Waals surface area contributed by atoms with Crippen LogP contribution in [0.2, 0.25) is 0 Å². The van der Waals surface area contributed by atoms with E-state index in [0.29, 0.717) is 5.69 Å². The van der Waals surface area contributed by atoms with Gasteiger partial charge in [-0.2, -0.15) is 5.10 Å². The molecule has 0 atom stereocenters. The summed E-state index contributed by atoms with van der Waals surface area (Å²) in [6.45, 7) is 13.2. The third-order valence-corrected chi connectivity index (χ3v) is 3.23. The van der Waals surface area contributed by atoms with Gasteiger partial charge in [-0.05, 0) is 23.6 Å². The van der Waals surface area contributed by atoms with Crippen LogP contribution in [0.5, 0.6) is 5.75 Å². The average molecular weight is 327 g/mol. The zero-order valence-electron chi connectivity index (χ0n) is 13.8. The van der Waals surface area contributed by atoms with Crippen molar-refractivity contribution in [2.24, 2.45) is 10.2 Å². The van der Waals surface area contributed by atoms with Gasteiger partial charge in [-0.1, -0.05) is 20.8 Å². The van der Waals surface area contributed by atoms with E-state index < -0.39 is 5.97 Å². The predicted octanol–water partition coefficient (Wildman–Crippen LogP) is 4.17. The molecule has 0 spiro atoms. The Morgan fingerprint density at radius 3 is 2.67 bits per heavy atom. The lowest BCUT2D eigenvalue weighted by Crippen LogP contribution is -2.11. The molecule has 0 amide bonds. The zero-order chi connectivity index (χ0) is 17.9. The molecule has 8 heteroatoms. The van der Waals surface area contributed by atoms with E-state index in [1.54, 1.807) is 0 Å². The summed E-state index contributed by atoms with van der Waals surface area (Å²) >= 11 is 0. The number of carbonyl (C=O) groups is 1. The SMILES string of the molecule is [C-]#[N+]c1c(N=Nc2cc(C(=O)OC)ccc2O)n[nH]c1C(C)(C)C. The van der Waals surface area contributed by atoms with Crippen LogP contribution < -0.4 is 0 Å². The number of aromatic nitrogens is 2. The maximum Gasteiger partial charge on any atom is 0.337 e. The van der Waals surface area contributed by atoms with E-state index in [2.05, 4.69) is 30.0 Å². The largest absolute Gasteiger partial charge is 0.506 e. The number of esters is 1. The van der Waals surface area contributed by atoms with Crippen LogP contribution >= 0.6 is 0 Å². The highest BCUT2D eigenvalue weighted by atomic mass is 16.5. The fraction of sp³-hybridized carbons (Fsp3) is 0.312. The molecule has 2 rings (SSSR count). The lowest BCUT2D eigenvalue weighted by Gasteiger charge is -2.16. The number of phenolic OH excluding ortho intramolecular Hbond substituents is 1. The fourth-order valence-electron chi connectivity index (χ4n) is 1.97. The topological polar surface area (TPSA) is 104 Å². The first kappa shape index (κ1) is 17.1. The molecule has 0 aliphatic rings. The monoisotopic (exact) mass is 327 g/mol. The minimum atomic E-state index is -0.553. The number of rotatable bonds is 3. The van der Waals surface area contributed by atoms with Gasteiger partial charge in [-0.15, -0.1) is 10.2 Å². The fourth-order valence-corrected chi connectivity index (χ4v) is 1.97. The quantitative estimate of drug-likeness (QED) is 0.501. The maximum absolute atomic E-state index is 11.5. The van der Waals surface area contributed by atoms with Crippen molar-refractivity contribution >= 4 is 23.2 Å². The number of hydrogen-bond acceptors (Lipinski definition) is 6. The van der Waals surface area contributed by atoms with Gasteiger partial charge in [0.15, 0.2) is 0 Å². The van der Waals surface area contributed by atoms with Crippen molar-refractivity contribution in [3.05, 3.63) is 40.9 Å². The minimum Gasteiger partial charge on any atom is -0.506 e. The highest BCUT2D eigenvalue weighted by Crippen LogP contribution is 2.38. The van der Waals surface area contributed by atoms with Gasteiger partial charge in [-0.3, -0.25) is 5.10 Å². The Labute approximate surface area is 139 Å². The van der Waals surface area contributed by atoms with Crippen molar-refractivity contribution in [2.75, 3.05) is 7.11 Å². The van der Waals surface area contributed by atoms with Crippen LogP contribution in [-0.4, -0.2) is 28.4 Å². The molecular formula is C16H17N5O3. The number of methoxy groups -OCH3 is 1. The lowest BCUT2D eigenvalue weighted by atomic mass is 9.91. The van der Waals surface area contributed by atoms with Gasteiger partial charge in [0.1, 0.15) is 11.4 Å². The van der Waals surface area contributed by atoms with Crippen molar-refractivity contribution in [3.63, 3.8) is 0 Å². The molecule has 0 aliphatic heterocycles. The molecule has 1 aromatic carbocycles. The number of aromatic hydroxyl groups is 1. The number of hydrogen-bond donors (Lipinski definition) is 2. The molecule has 2 N–H and O–H groups in total. The van der Waals surface area contributed by atoms with Crippen LogP contribution in [0.4, 0.5) is 17.2 Å². The lowest BCUT2D eigenvalue weighted by molar-refractivity contribution is 0.0601. The molecule has 1 heterocycles. The second kappa shape index (κ2) is 6.50. The van der Waals surface area contributed by atoms with E-state index in [0.717, 1.165) is 0 Å². The first-order valence-corrected chi connectivity index (χ1v) is 7.07. The molecule has 0 radical (unpaired) electrons. The molecule has 0 saturated carbocycles. The first-order chi connectivity index (χ1) is 11.3. The van der Waals surface area contributed by atoms with Gasteiger partial charge in [0.2, 0.25) is 5.82 Å². The average Bonchev–Trinajstić information content (AvgIpc) is 2.96.